The van der Waals surface area contributed by atoms with Crippen molar-refractivity contribution in [3.63, 3.8) is 0 Å². The summed E-state index contributed by atoms with van der Waals surface area (Å²) in [5.74, 6) is 6.53. The third kappa shape index (κ3) is 11.2. The molecule has 68 heavy (non-hydrogen) atoms. The van der Waals surface area contributed by atoms with Crippen LogP contribution in [0, 0.1) is 41.5 Å². The summed E-state index contributed by atoms with van der Waals surface area (Å²) in [6.07, 6.45) is 0. The molecule has 0 aliphatic rings. The summed E-state index contributed by atoms with van der Waals surface area (Å²) in [5, 5.41) is 0. The highest BCUT2D eigenvalue weighted by atomic mass is 16.5. The van der Waals surface area contributed by atoms with Gasteiger partial charge < -0.3 is 41.9 Å². The van der Waals surface area contributed by atoms with Crippen molar-refractivity contribution in [2.24, 2.45) is 0 Å². The lowest BCUT2D eigenvalue weighted by molar-refractivity contribution is 0.473. The molecule has 8 N–H and O–H groups in total. The molecule has 8 aromatic rings. The predicted octanol–water partition coefficient (Wildman–Crippen LogP) is 15.4. The highest BCUT2D eigenvalue weighted by Gasteiger charge is 2.25. The summed E-state index contributed by atoms with van der Waals surface area (Å²) in [6, 6.07) is 52.2. The largest absolute Gasteiger partial charge is 0.457 e. The first-order valence-electron chi connectivity index (χ1n) is 22.9. The van der Waals surface area contributed by atoms with Crippen LogP contribution in [0.15, 0.2) is 158 Å². The van der Waals surface area contributed by atoms with E-state index in [2.05, 4.69) is 76.2 Å². The van der Waals surface area contributed by atoms with E-state index < -0.39 is 0 Å². The fourth-order valence-corrected chi connectivity index (χ4v) is 8.45. The van der Waals surface area contributed by atoms with Gasteiger partial charge in [0.1, 0.15) is 46.0 Å². The zero-order valence-corrected chi connectivity index (χ0v) is 41.0. The normalized spacial score (nSPS) is 11.3. The van der Waals surface area contributed by atoms with Crippen molar-refractivity contribution < 1.29 is 18.9 Å². The number of hydrogen-bond donors (Lipinski definition) is 4. The maximum Gasteiger partial charge on any atom is 0.133 e. The van der Waals surface area contributed by atoms with Gasteiger partial charge in [0.05, 0.1) is 0 Å². The molecule has 0 aliphatic heterocycles. The Bertz CT molecular complexity index is 2780. The number of aryl methyl sites for hydroxylation is 6. The van der Waals surface area contributed by atoms with Gasteiger partial charge >= 0.3 is 0 Å². The summed E-state index contributed by atoms with van der Waals surface area (Å²) in [7, 11) is 0. The number of hydrogen-bond acceptors (Lipinski definition) is 8. The molecule has 0 aliphatic carbocycles. The van der Waals surface area contributed by atoms with Crippen LogP contribution in [0.5, 0.6) is 46.0 Å². The molecule has 8 nitrogen and oxygen atoms in total. The lowest BCUT2D eigenvalue weighted by atomic mass is 9.78. The highest BCUT2D eigenvalue weighted by Crippen LogP contribution is 2.39. The monoisotopic (exact) mass is 904 g/mol. The predicted molar refractivity (Wildman–Crippen MR) is 282 cm³/mol. The minimum atomic E-state index is -0.183. The Morgan fingerprint density at radius 3 is 0.765 bits per heavy atom. The smallest absolute Gasteiger partial charge is 0.133 e. The molecule has 0 spiro atoms. The Labute approximate surface area is 402 Å². The molecule has 0 unspecified atom stereocenters. The van der Waals surface area contributed by atoms with Gasteiger partial charge in [-0.1, -0.05) is 76.2 Å². The second kappa shape index (κ2) is 19.9. The van der Waals surface area contributed by atoms with E-state index >= 15 is 0 Å². The quantitative estimate of drug-likeness (QED) is 0.0888. The SMILES string of the molecule is Cc1cc(N)cc(C)c1Oc1ccc(C(C)(C)c2ccc(Oc3c(C)cc(N)cc3C)cc2)cc1.Cc1cc(N)ccc1Oc1ccc(C(C)(C)c2ccc(Oc3ccc(N)cc3C)cc2)cc1. The summed E-state index contributed by atoms with van der Waals surface area (Å²) < 4.78 is 24.5. The van der Waals surface area contributed by atoms with E-state index in [4.69, 9.17) is 41.9 Å². The van der Waals surface area contributed by atoms with Crippen LogP contribution in [-0.4, -0.2) is 0 Å². The minimum Gasteiger partial charge on any atom is -0.457 e. The maximum absolute atomic E-state index is 6.19. The van der Waals surface area contributed by atoms with Crippen LogP contribution >= 0.6 is 0 Å². The van der Waals surface area contributed by atoms with Crippen molar-refractivity contribution in [3.8, 4) is 46.0 Å². The number of nitrogens with two attached hydrogens (primary N) is 4. The molecule has 348 valence electrons. The first kappa shape index (κ1) is 48.1. The summed E-state index contributed by atoms with van der Waals surface area (Å²) in [4.78, 5) is 0. The molecule has 0 atom stereocenters. The van der Waals surface area contributed by atoms with E-state index in [0.29, 0.717) is 0 Å². The van der Waals surface area contributed by atoms with Crippen LogP contribution in [0.25, 0.3) is 0 Å². The Morgan fingerprint density at radius 2 is 0.515 bits per heavy atom. The highest BCUT2D eigenvalue weighted by molar-refractivity contribution is 5.56. The second-order valence-corrected chi connectivity index (χ2v) is 18.8. The van der Waals surface area contributed by atoms with Gasteiger partial charge in [-0.2, -0.15) is 0 Å². The summed E-state index contributed by atoms with van der Waals surface area (Å²) >= 11 is 0. The number of nitrogen functional groups attached to an aromatic ring is 4. The first-order valence-corrected chi connectivity index (χ1v) is 22.9. The van der Waals surface area contributed by atoms with E-state index in [0.717, 1.165) is 102 Å². The number of ether oxygens (including phenoxy) is 4. The zero-order chi connectivity index (χ0) is 48.9. The van der Waals surface area contributed by atoms with E-state index in [-0.39, 0.29) is 10.8 Å². The van der Waals surface area contributed by atoms with Gasteiger partial charge in [-0.15, -0.1) is 0 Å². The van der Waals surface area contributed by atoms with Crippen LogP contribution in [0.4, 0.5) is 22.7 Å². The van der Waals surface area contributed by atoms with E-state index in [1.807, 2.05) is 151 Å². The van der Waals surface area contributed by atoms with Gasteiger partial charge in [0.2, 0.25) is 0 Å². The molecular weight excluding hydrogens is 841 g/mol. The molecule has 0 saturated heterocycles. The van der Waals surface area contributed by atoms with Gasteiger partial charge in [0.15, 0.2) is 0 Å². The van der Waals surface area contributed by atoms with Crippen LogP contribution in [0.2, 0.25) is 0 Å². The molecule has 8 rings (SSSR count). The van der Waals surface area contributed by atoms with E-state index in [1.165, 1.54) is 22.3 Å². The van der Waals surface area contributed by atoms with E-state index in [9.17, 15) is 0 Å². The summed E-state index contributed by atoms with van der Waals surface area (Å²) in [6.45, 7) is 20.9. The molecule has 0 heterocycles. The molecular formula is C60H64N4O4. The maximum atomic E-state index is 6.19. The molecule has 8 aromatic carbocycles. The number of anilines is 4. The van der Waals surface area contributed by atoms with E-state index in [1.54, 1.807) is 0 Å². The molecule has 8 heteroatoms. The van der Waals surface area contributed by atoms with Crippen molar-refractivity contribution in [3.05, 3.63) is 213 Å². The Morgan fingerprint density at radius 1 is 0.279 bits per heavy atom. The fraction of sp³-hybridized carbons (Fsp3) is 0.200. The molecule has 0 bridgehead atoms. The average Bonchev–Trinajstić information content (AvgIpc) is 3.29. The van der Waals surface area contributed by atoms with Crippen molar-refractivity contribution >= 4 is 22.7 Å². The Balaban J connectivity index is 0.000000202. The average molecular weight is 905 g/mol. The fourth-order valence-electron chi connectivity index (χ4n) is 8.45. The van der Waals surface area contributed by atoms with Crippen molar-refractivity contribution in [1.82, 2.24) is 0 Å². The van der Waals surface area contributed by atoms with Gasteiger partial charge in [0, 0.05) is 33.6 Å². The standard InChI is InChI=1S/C31H34N2O2.C29H30N2O2/c1-19-15-25(32)16-20(2)29(19)34-27-11-7-23(8-12-27)31(5,6)24-9-13-28(14-10-24)35-30-21(3)17-26(33)18-22(30)4;1-19-17-23(30)9-15-27(19)32-25-11-5-21(6-12-25)29(3,4)22-7-13-26(14-8-22)33-28-16-10-24(31)18-20(28)2/h7-18H,32-33H2,1-6H3;5-18H,30-31H2,1-4H3. The van der Waals surface area contributed by atoms with Crippen LogP contribution in [0.1, 0.15) is 83.3 Å². The van der Waals surface area contributed by atoms with Crippen LogP contribution in [0.3, 0.4) is 0 Å². The lowest BCUT2D eigenvalue weighted by Gasteiger charge is -2.26. The second-order valence-electron chi connectivity index (χ2n) is 18.8. The van der Waals surface area contributed by atoms with Crippen LogP contribution < -0.4 is 41.9 Å². The molecule has 0 amide bonds. The third-order valence-corrected chi connectivity index (χ3v) is 12.6. The Hall–Kier alpha value is -7.84. The lowest BCUT2D eigenvalue weighted by Crippen LogP contribution is -2.18. The number of benzene rings is 8. The first-order chi connectivity index (χ1) is 32.3. The summed E-state index contributed by atoms with van der Waals surface area (Å²) in [5.41, 5.74) is 37.1. The number of rotatable bonds is 12. The van der Waals surface area contributed by atoms with Crippen LogP contribution in [-0.2, 0) is 10.8 Å². The van der Waals surface area contributed by atoms with Crippen molar-refractivity contribution in [2.75, 3.05) is 22.9 Å². The Kier molecular flexibility index (Phi) is 14.1. The zero-order valence-electron chi connectivity index (χ0n) is 41.0. The molecule has 0 radical (unpaired) electrons. The van der Waals surface area contributed by atoms with Crippen molar-refractivity contribution in [1.29, 1.82) is 0 Å². The molecule has 0 fully saturated rings. The van der Waals surface area contributed by atoms with Gasteiger partial charge in [0.25, 0.3) is 0 Å². The van der Waals surface area contributed by atoms with Crippen molar-refractivity contribution in [2.45, 2.75) is 80.1 Å². The van der Waals surface area contributed by atoms with Gasteiger partial charge in [-0.25, -0.2) is 0 Å². The van der Waals surface area contributed by atoms with Gasteiger partial charge in [-0.3, -0.25) is 0 Å². The molecule has 0 aromatic heterocycles. The third-order valence-electron chi connectivity index (χ3n) is 12.6. The minimum absolute atomic E-state index is 0.175. The molecule has 0 saturated carbocycles. The van der Waals surface area contributed by atoms with Gasteiger partial charge in [-0.05, 0) is 206 Å². The topological polar surface area (TPSA) is 141 Å².